The summed E-state index contributed by atoms with van der Waals surface area (Å²) in [4.78, 5) is 19.5. The number of aryl methyl sites for hydroxylation is 1. The number of nitrogens with one attached hydrogen (secondary N) is 1. The first-order valence-corrected chi connectivity index (χ1v) is 6.61. The molecule has 0 radical (unpaired) electrons. The largest absolute Gasteiger partial charge is 0.481 e. The lowest BCUT2D eigenvalue weighted by Crippen LogP contribution is -2.25. The van der Waals surface area contributed by atoms with E-state index in [0.717, 1.165) is 5.69 Å². The average Bonchev–Trinajstić information content (AvgIpc) is 2.81. The second kappa shape index (κ2) is 5.85. The van der Waals surface area contributed by atoms with Crippen LogP contribution >= 0.6 is 0 Å². The minimum absolute atomic E-state index is 0.337. The quantitative estimate of drug-likeness (QED) is 0.833. The monoisotopic (exact) mass is 277 g/mol. The van der Waals surface area contributed by atoms with Crippen LogP contribution < -0.4 is 5.32 Å². The zero-order chi connectivity index (χ0) is 14.7. The van der Waals surface area contributed by atoms with E-state index in [9.17, 15) is 9.90 Å². The molecule has 0 bridgehead atoms. The number of nitrogens with zero attached hydrogens (tertiary/aromatic N) is 4. The van der Waals surface area contributed by atoms with Crippen LogP contribution in [0.25, 0.3) is 5.78 Å². The maximum absolute atomic E-state index is 11.2. The molecule has 2 aromatic rings. The summed E-state index contributed by atoms with van der Waals surface area (Å²) < 4.78 is 1.57. The highest BCUT2D eigenvalue weighted by atomic mass is 16.4. The van der Waals surface area contributed by atoms with Gasteiger partial charge in [0.15, 0.2) is 0 Å². The summed E-state index contributed by atoms with van der Waals surface area (Å²) in [6.07, 6.45) is 2.06. The summed E-state index contributed by atoms with van der Waals surface area (Å²) >= 11 is 0. The number of aliphatic carboxylic acids is 1. The third kappa shape index (κ3) is 3.23. The van der Waals surface area contributed by atoms with Crippen LogP contribution in [0.15, 0.2) is 12.4 Å². The molecule has 2 heterocycles. The van der Waals surface area contributed by atoms with Crippen LogP contribution in [-0.2, 0) is 4.79 Å². The molecule has 0 aliphatic carbocycles. The minimum Gasteiger partial charge on any atom is -0.481 e. The summed E-state index contributed by atoms with van der Waals surface area (Å²) in [5.41, 5.74) is 0.809. The van der Waals surface area contributed by atoms with Crippen molar-refractivity contribution in [3.63, 3.8) is 0 Å². The molecule has 20 heavy (non-hydrogen) atoms. The minimum atomic E-state index is -0.785. The number of carbonyl (C=O) groups is 1. The van der Waals surface area contributed by atoms with E-state index in [1.54, 1.807) is 4.52 Å². The molecule has 2 rings (SSSR count). The van der Waals surface area contributed by atoms with Crippen molar-refractivity contribution in [1.82, 2.24) is 19.6 Å². The number of aromatic nitrogens is 4. The fourth-order valence-corrected chi connectivity index (χ4v) is 2.12. The van der Waals surface area contributed by atoms with E-state index < -0.39 is 11.9 Å². The first-order valence-electron chi connectivity index (χ1n) is 6.61. The van der Waals surface area contributed by atoms with Gasteiger partial charge < -0.3 is 10.4 Å². The lowest BCUT2D eigenvalue weighted by molar-refractivity contribution is -0.141. The summed E-state index contributed by atoms with van der Waals surface area (Å²) in [7, 11) is 0. The zero-order valence-corrected chi connectivity index (χ0v) is 11.9. The Hall–Kier alpha value is -2.18. The first kappa shape index (κ1) is 14.2. The molecule has 7 nitrogen and oxygen atoms in total. The molecule has 0 saturated heterocycles. The van der Waals surface area contributed by atoms with E-state index in [1.807, 2.05) is 26.8 Å². The molecule has 0 amide bonds. The molecule has 1 unspecified atom stereocenters. The van der Waals surface area contributed by atoms with Gasteiger partial charge in [0, 0.05) is 18.3 Å². The Labute approximate surface area is 117 Å². The van der Waals surface area contributed by atoms with Crippen molar-refractivity contribution >= 4 is 17.6 Å². The van der Waals surface area contributed by atoms with E-state index in [4.69, 9.17) is 0 Å². The fraction of sp³-hybridized carbons (Fsp3) is 0.538. The lowest BCUT2D eigenvalue weighted by atomic mass is 9.97. The van der Waals surface area contributed by atoms with Crippen molar-refractivity contribution in [2.24, 2.45) is 11.8 Å². The zero-order valence-electron chi connectivity index (χ0n) is 11.9. The van der Waals surface area contributed by atoms with Gasteiger partial charge in [0.1, 0.15) is 12.1 Å². The highest BCUT2D eigenvalue weighted by molar-refractivity contribution is 5.70. The Morgan fingerprint density at radius 3 is 2.90 bits per heavy atom. The van der Waals surface area contributed by atoms with Crippen LogP contribution in [0.2, 0.25) is 0 Å². The number of hydrogen-bond donors (Lipinski definition) is 2. The Kier molecular flexibility index (Phi) is 4.16. The predicted molar refractivity (Wildman–Crippen MR) is 74.6 cm³/mol. The van der Waals surface area contributed by atoms with E-state index in [-0.39, 0.29) is 0 Å². The van der Waals surface area contributed by atoms with Gasteiger partial charge in [0.25, 0.3) is 5.78 Å². The van der Waals surface area contributed by atoms with E-state index in [2.05, 4.69) is 20.4 Å². The van der Waals surface area contributed by atoms with Crippen LogP contribution in [0.1, 0.15) is 26.0 Å². The number of hydrogen-bond acceptors (Lipinski definition) is 5. The maximum atomic E-state index is 11.2. The summed E-state index contributed by atoms with van der Waals surface area (Å²) in [6, 6.07) is 1.83. The van der Waals surface area contributed by atoms with Crippen molar-refractivity contribution in [2.45, 2.75) is 27.2 Å². The molecule has 0 spiro atoms. The lowest BCUT2D eigenvalue weighted by Gasteiger charge is -2.16. The molecule has 2 aromatic heterocycles. The molecule has 2 N–H and O–H groups in total. The standard InChI is InChI=1S/C13H19N5O2/c1-8(2)4-10(12(19)20)6-14-11-5-9(3)17-13-15-7-16-18(11)13/h5,7-8,10,14H,4,6H2,1-3H3,(H,19,20). The van der Waals surface area contributed by atoms with Crippen molar-refractivity contribution in [3.8, 4) is 0 Å². The Morgan fingerprint density at radius 2 is 2.25 bits per heavy atom. The normalized spacial score (nSPS) is 12.8. The van der Waals surface area contributed by atoms with Crippen LogP contribution in [0, 0.1) is 18.8 Å². The van der Waals surface area contributed by atoms with Gasteiger partial charge >= 0.3 is 5.97 Å². The van der Waals surface area contributed by atoms with Gasteiger partial charge in [-0.25, -0.2) is 4.98 Å². The topological polar surface area (TPSA) is 92.4 Å². The second-order valence-electron chi connectivity index (χ2n) is 5.30. The summed E-state index contributed by atoms with van der Waals surface area (Å²) in [6.45, 7) is 6.25. The molecule has 0 aliphatic heterocycles. The Balaban J connectivity index is 2.15. The van der Waals surface area contributed by atoms with Gasteiger partial charge in [0.2, 0.25) is 0 Å². The molecule has 1 atom stereocenters. The molecule has 7 heteroatoms. The molecular formula is C13H19N5O2. The van der Waals surface area contributed by atoms with Crippen LogP contribution in [0.4, 0.5) is 5.82 Å². The fourth-order valence-electron chi connectivity index (χ4n) is 2.12. The third-order valence-electron chi connectivity index (χ3n) is 3.01. The third-order valence-corrected chi connectivity index (χ3v) is 3.01. The summed E-state index contributed by atoms with van der Waals surface area (Å²) in [5, 5.41) is 16.5. The van der Waals surface area contributed by atoms with Crippen molar-refractivity contribution in [3.05, 3.63) is 18.1 Å². The smallest absolute Gasteiger partial charge is 0.308 e. The van der Waals surface area contributed by atoms with Crippen molar-refractivity contribution < 1.29 is 9.90 Å². The number of anilines is 1. The Bertz CT molecular complexity index is 608. The molecule has 0 fully saturated rings. The number of fused-ring (bicyclic) bond motifs is 1. The number of rotatable bonds is 6. The van der Waals surface area contributed by atoms with E-state index in [0.29, 0.717) is 30.5 Å². The van der Waals surface area contributed by atoms with Gasteiger partial charge in [-0.1, -0.05) is 13.8 Å². The van der Waals surface area contributed by atoms with Gasteiger partial charge in [-0.15, -0.1) is 0 Å². The van der Waals surface area contributed by atoms with E-state index >= 15 is 0 Å². The molecule has 0 aliphatic rings. The highest BCUT2D eigenvalue weighted by Crippen LogP contribution is 2.15. The SMILES string of the molecule is Cc1cc(NCC(CC(C)C)C(=O)O)n2ncnc2n1. The van der Waals surface area contributed by atoms with Crippen LogP contribution in [0.5, 0.6) is 0 Å². The van der Waals surface area contributed by atoms with E-state index in [1.165, 1.54) is 6.33 Å². The molecule has 108 valence electrons. The van der Waals surface area contributed by atoms with Gasteiger partial charge in [-0.05, 0) is 19.3 Å². The number of carboxylic acids is 1. The maximum Gasteiger partial charge on any atom is 0.308 e. The Morgan fingerprint density at radius 1 is 1.50 bits per heavy atom. The second-order valence-corrected chi connectivity index (χ2v) is 5.30. The van der Waals surface area contributed by atoms with Gasteiger partial charge in [-0.2, -0.15) is 14.6 Å². The van der Waals surface area contributed by atoms with Gasteiger partial charge in [0.05, 0.1) is 5.92 Å². The molecular weight excluding hydrogens is 258 g/mol. The number of carboxylic acid groups (broad SMARTS) is 1. The molecule has 0 saturated carbocycles. The van der Waals surface area contributed by atoms with Crippen molar-refractivity contribution in [1.29, 1.82) is 0 Å². The molecule has 0 aromatic carbocycles. The average molecular weight is 277 g/mol. The summed E-state index contributed by atoms with van der Waals surface area (Å²) in [5.74, 6) is 0.334. The van der Waals surface area contributed by atoms with Crippen LogP contribution in [-0.4, -0.2) is 37.2 Å². The first-order chi connectivity index (χ1) is 9.47. The highest BCUT2D eigenvalue weighted by Gasteiger charge is 2.19. The van der Waals surface area contributed by atoms with Crippen LogP contribution in [0.3, 0.4) is 0 Å². The van der Waals surface area contributed by atoms with Gasteiger partial charge in [-0.3, -0.25) is 4.79 Å². The van der Waals surface area contributed by atoms with Crippen molar-refractivity contribution in [2.75, 3.05) is 11.9 Å². The predicted octanol–water partition coefficient (Wildman–Crippen LogP) is 1.59.